The number of hydrogen-bond donors (Lipinski definition) is 2. The lowest BCUT2D eigenvalue weighted by Gasteiger charge is -2.27. The second kappa shape index (κ2) is 7.14. The van der Waals surface area contributed by atoms with Crippen molar-refractivity contribution in [3.63, 3.8) is 0 Å². The van der Waals surface area contributed by atoms with Crippen LogP contribution < -0.4 is 5.32 Å². The predicted octanol–water partition coefficient (Wildman–Crippen LogP) is 2.27. The number of hydrogen-bond acceptors (Lipinski definition) is 3. The van der Waals surface area contributed by atoms with Gasteiger partial charge in [-0.05, 0) is 51.0 Å². The monoisotopic (exact) mass is 264 g/mol. The Bertz CT molecular complexity index is 430. The normalized spacial score (nSPS) is 10.6. The number of nitrogens with one attached hydrogen (secondary N) is 1. The molecule has 0 saturated carbocycles. The van der Waals surface area contributed by atoms with Crippen LogP contribution in [0.25, 0.3) is 0 Å². The highest BCUT2D eigenvalue weighted by Crippen LogP contribution is 2.18. The number of carbonyl (C=O) groups is 1. The highest BCUT2D eigenvalue weighted by atomic mass is 16.3. The molecule has 0 radical (unpaired) electrons. The molecule has 0 heterocycles. The maximum atomic E-state index is 12.5. The molecule has 0 aliphatic carbocycles. The van der Waals surface area contributed by atoms with Crippen molar-refractivity contribution in [2.45, 2.75) is 33.2 Å². The van der Waals surface area contributed by atoms with Crippen molar-refractivity contribution in [2.24, 2.45) is 0 Å². The van der Waals surface area contributed by atoms with E-state index >= 15 is 0 Å². The Balaban J connectivity index is 2.93. The lowest BCUT2D eigenvalue weighted by atomic mass is 10.1. The van der Waals surface area contributed by atoms with Crippen LogP contribution in [0.1, 0.15) is 36.2 Å². The van der Waals surface area contributed by atoms with Crippen LogP contribution in [0, 0.1) is 6.92 Å². The highest BCUT2D eigenvalue weighted by Gasteiger charge is 2.18. The van der Waals surface area contributed by atoms with Crippen molar-refractivity contribution in [1.29, 1.82) is 0 Å². The molecule has 4 heteroatoms. The molecule has 19 heavy (non-hydrogen) atoms. The van der Waals surface area contributed by atoms with Gasteiger partial charge in [0.25, 0.3) is 5.91 Å². The topological polar surface area (TPSA) is 52.6 Å². The fourth-order valence-corrected chi connectivity index (χ4v) is 2.08. The zero-order valence-electron chi connectivity index (χ0n) is 12.2. The van der Waals surface area contributed by atoms with Crippen LogP contribution in [0.5, 0.6) is 0 Å². The molecule has 0 bridgehead atoms. The standard InChI is InChI=1S/C15H24N2O2/c1-11(2)17(8-5-9-18)15(19)13-6-7-14(16-4)12(3)10-13/h6-7,10-11,16,18H,5,8-9H2,1-4H3. The molecule has 1 aromatic carbocycles. The van der Waals surface area contributed by atoms with E-state index in [0.717, 1.165) is 11.3 Å². The van der Waals surface area contributed by atoms with Crippen LogP contribution >= 0.6 is 0 Å². The fraction of sp³-hybridized carbons (Fsp3) is 0.533. The average molecular weight is 264 g/mol. The van der Waals surface area contributed by atoms with Crippen molar-refractivity contribution >= 4 is 11.6 Å². The Hall–Kier alpha value is -1.55. The molecular weight excluding hydrogens is 240 g/mol. The minimum Gasteiger partial charge on any atom is -0.396 e. The molecular formula is C15H24N2O2. The number of aliphatic hydroxyl groups excluding tert-OH is 1. The van der Waals surface area contributed by atoms with Gasteiger partial charge in [0.15, 0.2) is 0 Å². The second-order valence-corrected chi connectivity index (χ2v) is 4.95. The lowest BCUT2D eigenvalue weighted by molar-refractivity contribution is 0.0693. The Kier molecular flexibility index (Phi) is 5.83. The summed E-state index contributed by atoms with van der Waals surface area (Å²) in [4.78, 5) is 14.3. The van der Waals surface area contributed by atoms with Crippen LogP contribution in [-0.2, 0) is 0 Å². The highest BCUT2D eigenvalue weighted by molar-refractivity contribution is 5.95. The first-order valence-corrected chi connectivity index (χ1v) is 6.71. The molecule has 1 amide bonds. The van der Waals surface area contributed by atoms with E-state index in [2.05, 4.69) is 5.32 Å². The summed E-state index contributed by atoms with van der Waals surface area (Å²) in [7, 11) is 1.87. The molecule has 0 saturated heterocycles. The maximum Gasteiger partial charge on any atom is 0.254 e. The average Bonchev–Trinajstić information content (AvgIpc) is 2.38. The minimum absolute atomic E-state index is 0.0224. The van der Waals surface area contributed by atoms with Gasteiger partial charge in [0, 0.05) is 37.5 Å². The Morgan fingerprint density at radius 3 is 2.58 bits per heavy atom. The fourth-order valence-electron chi connectivity index (χ4n) is 2.08. The predicted molar refractivity (Wildman–Crippen MR) is 78.6 cm³/mol. The number of anilines is 1. The largest absolute Gasteiger partial charge is 0.396 e. The van der Waals surface area contributed by atoms with Crippen molar-refractivity contribution in [2.75, 3.05) is 25.5 Å². The van der Waals surface area contributed by atoms with E-state index in [1.807, 2.05) is 46.0 Å². The first kappa shape index (κ1) is 15.5. The summed E-state index contributed by atoms with van der Waals surface area (Å²) in [6.07, 6.45) is 0.609. The van der Waals surface area contributed by atoms with Crippen LogP contribution in [-0.4, -0.2) is 42.2 Å². The van der Waals surface area contributed by atoms with Crippen molar-refractivity contribution in [3.8, 4) is 0 Å². The minimum atomic E-state index is 0.0224. The molecule has 0 aromatic heterocycles. The van der Waals surface area contributed by atoms with Crippen molar-refractivity contribution in [3.05, 3.63) is 29.3 Å². The molecule has 2 N–H and O–H groups in total. The van der Waals surface area contributed by atoms with Crippen LogP contribution in [0.2, 0.25) is 0 Å². The van der Waals surface area contributed by atoms with Gasteiger partial charge >= 0.3 is 0 Å². The van der Waals surface area contributed by atoms with Gasteiger partial charge in [-0.3, -0.25) is 4.79 Å². The van der Waals surface area contributed by atoms with Gasteiger partial charge < -0.3 is 15.3 Å². The van der Waals surface area contributed by atoms with Crippen LogP contribution in [0.3, 0.4) is 0 Å². The van der Waals surface area contributed by atoms with Gasteiger partial charge in [-0.25, -0.2) is 0 Å². The smallest absolute Gasteiger partial charge is 0.254 e. The number of benzene rings is 1. The zero-order chi connectivity index (χ0) is 14.4. The molecule has 0 aliphatic heterocycles. The summed E-state index contributed by atoms with van der Waals surface area (Å²) in [5.74, 6) is 0.0224. The number of nitrogens with zero attached hydrogens (tertiary/aromatic N) is 1. The number of amides is 1. The number of carbonyl (C=O) groups excluding carboxylic acids is 1. The van der Waals surface area contributed by atoms with E-state index in [-0.39, 0.29) is 18.6 Å². The maximum absolute atomic E-state index is 12.5. The summed E-state index contributed by atoms with van der Waals surface area (Å²) in [6.45, 7) is 6.65. The number of aryl methyl sites for hydroxylation is 1. The summed E-state index contributed by atoms with van der Waals surface area (Å²) in [6, 6.07) is 5.80. The Morgan fingerprint density at radius 1 is 1.42 bits per heavy atom. The quantitative estimate of drug-likeness (QED) is 0.828. The van der Waals surface area contributed by atoms with Gasteiger partial charge in [0.05, 0.1) is 0 Å². The summed E-state index contributed by atoms with van der Waals surface area (Å²) >= 11 is 0. The molecule has 0 unspecified atom stereocenters. The molecule has 0 aliphatic rings. The van der Waals surface area contributed by atoms with Gasteiger partial charge in [0.2, 0.25) is 0 Å². The third-order valence-corrected chi connectivity index (χ3v) is 3.18. The second-order valence-electron chi connectivity index (χ2n) is 4.95. The lowest BCUT2D eigenvalue weighted by Crippen LogP contribution is -2.38. The molecule has 0 spiro atoms. The van der Waals surface area contributed by atoms with Crippen molar-refractivity contribution in [1.82, 2.24) is 4.90 Å². The van der Waals surface area contributed by atoms with Crippen molar-refractivity contribution < 1.29 is 9.90 Å². The van der Waals surface area contributed by atoms with Crippen LogP contribution in [0.15, 0.2) is 18.2 Å². The van der Waals surface area contributed by atoms with Gasteiger partial charge in [-0.15, -0.1) is 0 Å². The first-order chi connectivity index (χ1) is 9.01. The third kappa shape index (κ3) is 3.96. The molecule has 1 aromatic rings. The summed E-state index contributed by atoms with van der Waals surface area (Å²) in [5.41, 5.74) is 2.78. The molecule has 0 atom stereocenters. The molecule has 4 nitrogen and oxygen atoms in total. The Labute approximate surface area is 115 Å². The van der Waals surface area contributed by atoms with Gasteiger partial charge in [0.1, 0.15) is 0 Å². The van der Waals surface area contributed by atoms with E-state index in [4.69, 9.17) is 5.11 Å². The molecule has 106 valence electrons. The van der Waals surface area contributed by atoms with E-state index < -0.39 is 0 Å². The first-order valence-electron chi connectivity index (χ1n) is 6.71. The number of rotatable bonds is 6. The van der Waals surface area contributed by atoms with E-state index in [9.17, 15) is 4.79 Å². The SMILES string of the molecule is CNc1ccc(C(=O)N(CCCO)C(C)C)cc1C. The van der Waals surface area contributed by atoms with Gasteiger partial charge in [-0.2, -0.15) is 0 Å². The van der Waals surface area contributed by atoms with E-state index in [1.165, 1.54) is 0 Å². The summed E-state index contributed by atoms with van der Waals surface area (Å²) in [5, 5.41) is 12.0. The van der Waals surface area contributed by atoms with E-state index in [1.54, 1.807) is 4.90 Å². The summed E-state index contributed by atoms with van der Waals surface area (Å²) < 4.78 is 0. The molecule has 0 fully saturated rings. The van der Waals surface area contributed by atoms with E-state index in [0.29, 0.717) is 18.5 Å². The van der Waals surface area contributed by atoms with Gasteiger partial charge in [-0.1, -0.05) is 0 Å². The third-order valence-electron chi connectivity index (χ3n) is 3.18. The number of aliphatic hydroxyl groups is 1. The Morgan fingerprint density at radius 2 is 2.11 bits per heavy atom. The van der Waals surface area contributed by atoms with Crippen LogP contribution in [0.4, 0.5) is 5.69 Å². The molecule has 1 rings (SSSR count). The zero-order valence-corrected chi connectivity index (χ0v) is 12.2.